The van der Waals surface area contributed by atoms with Crippen molar-refractivity contribution in [2.24, 2.45) is 0 Å². The van der Waals surface area contributed by atoms with Crippen LogP contribution in [0.2, 0.25) is 0 Å². The number of carboxylic acids is 1. The molecule has 0 radical (unpaired) electrons. The van der Waals surface area contributed by atoms with Crippen LogP contribution in [0.5, 0.6) is 0 Å². The molecule has 0 saturated heterocycles. The number of thiol groups is 1. The molecule has 0 aromatic carbocycles. The fraction of sp³-hybridized carbons (Fsp3) is 0.429. The zero-order chi connectivity index (χ0) is 9.56. The van der Waals surface area contributed by atoms with Crippen LogP contribution in [0.1, 0.15) is 6.92 Å². The summed E-state index contributed by atoms with van der Waals surface area (Å²) in [4.78, 5) is 21.2. The van der Waals surface area contributed by atoms with E-state index in [9.17, 15) is 9.59 Å². The fourth-order valence-electron chi connectivity index (χ4n) is 0.557. The van der Waals surface area contributed by atoms with Crippen LogP contribution in [-0.4, -0.2) is 28.8 Å². The molecule has 0 aliphatic carbocycles. The monoisotopic (exact) mass is 189 g/mol. The number of amides is 1. The lowest BCUT2D eigenvalue weighted by atomic mass is 10.3. The minimum atomic E-state index is -1.08. The van der Waals surface area contributed by atoms with Gasteiger partial charge in [0.1, 0.15) is 6.04 Å². The zero-order valence-corrected chi connectivity index (χ0v) is 7.54. The van der Waals surface area contributed by atoms with Gasteiger partial charge in [-0.15, -0.1) is 0 Å². The SMILES string of the molecule is CC=CC(=O)N[C@@H](CS)C(=O)O. The third-order valence-corrected chi connectivity index (χ3v) is 1.48. The van der Waals surface area contributed by atoms with Crippen molar-refractivity contribution in [2.45, 2.75) is 13.0 Å². The summed E-state index contributed by atoms with van der Waals surface area (Å²) in [5.41, 5.74) is 0. The Morgan fingerprint density at radius 2 is 2.25 bits per heavy atom. The first-order valence-corrected chi connectivity index (χ1v) is 4.02. The Balaban J connectivity index is 4.03. The van der Waals surface area contributed by atoms with Crippen molar-refractivity contribution < 1.29 is 14.7 Å². The molecule has 12 heavy (non-hydrogen) atoms. The van der Waals surface area contributed by atoms with Gasteiger partial charge in [-0.25, -0.2) is 4.79 Å². The van der Waals surface area contributed by atoms with Gasteiger partial charge in [0.15, 0.2) is 0 Å². The van der Waals surface area contributed by atoms with Gasteiger partial charge < -0.3 is 10.4 Å². The smallest absolute Gasteiger partial charge is 0.327 e. The van der Waals surface area contributed by atoms with Crippen LogP contribution in [0.25, 0.3) is 0 Å². The minimum absolute atomic E-state index is 0.0820. The van der Waals surface area contributed by atoms with E-state index in [1.165, 1.54) is 12.2 Å². The zero-order valence-electron chi connectivity index (χ0n) is 6.65. The third kappa shape index (κ3) is 4.02. The average molecular weight is 189 g/mol. The summed E-state index contributed by atoms with van der Waals surface area (Å²) in [7, 11) is 0. The number of allylic oxidation sites excluding steroid dienone is 1. The van der Waals surface area contributed by atoms with E-state index in [1.54, 1.807) is 6.92 Å². The normalized spacial score (nSPS) is 12.8. The molecular formula is C7H11NO3S. The van der Waals surface area contributed by atoms with Crippen molar-refractivity contribution in [3.05, 3.63) is 12.2 Å². The van der Waals surface area contributed by atoms with Gasteiger partial charge in [0.25, 0.3) is 0 Å². The van der Waals surface area contributed by atoms with E-state index < -0.39 is 17.9 Å². The van der Waals surface area contributed by atoms with Crippen LogP contribution < -0.4 is 5.32 Å². The predicted molar refractivity (Wildman–Crippen MR) is 48.2 cm³/mol. The number of aliphatic carboxylic acids is 1. The number of hydrogen-bond donors (Lipinski definition) is 3. The van der Waals surface area contributed by atoms with Crippen LogP contribution in [0.3, 0.4) is 0 Å². The van der Waals surface area contributed by atoms with E-state index in [-0.39, 0.29) is 5.75 Å². The van der Waals surface area contributed by atoms with E-state index in [1.807, 2.05) is 0 Å². The molecule has 0 bridgehead atoms. The van der Waals surface area contributed by atoms with E-state index in [2.05, 4.69) is 17.9 Å². The molecule has 1 atom stereocenters. The number of carbonyl (C=O) groups excluding carboxylic acids is 1. The highest BCUT2D eigenvalue weighted by Crippen LogP contribution is 1.88. The highest BCUT2D eigenvalue weighted by atomic mass is 32.1. The van der Waals surface area contributed by atoms with Gasteiger partial charge in [-0.1, -0.05) is 6.08 Å². The molecular weight excluding hydrogens is 178 g/mol. The second-order valence-corrected chi connectivity index (χ2v) is 2.45. The maximum atomic E-state index is 10.8. The Labute approximate surface area is 76.1 Å². The summed E-state index contributed by atoms with van der Waals surface area (Å²) in [5, 5.41) is 10.8. The molecule has 0 aliphatic rings. The van der Waals surface area contributed by atoms with Gasteiger partial charge >= 0.3 is 5.97 Å². The second-order valence-electron chi connectivity index (χ2n) is 2.08. The van der Waals surface area contributed by atoms with Crippen LogP contribution in [0, 0.1) is 0 Å². The lowest BCUT2D eigenvalue weighted by molar-refractivity contribution is -0.140. The van der Waals surface area contributed by atoms with Crippen molar-refractivity contribution in [2.75, 3.05) is 5.75 Å². The van der Waals surface area contributed by atoms with Crippen LogP contribution >= 0.6 is 12.6 Å². The van der Waals surface area contributed by atoms with Gasteiger partial charge in [-0.3, -0.25) is 4.79 Å². The number of nitrogens with one attached hydrogen (secondary N) is 1. The standard InChI is InChI=1S/C7H11NO3S/c1-2-3-6(9)8-5(4-12)7(10)11/h2-3,5,12H,4H2,1H3,(H,8,9)(H,10,11)/t5-/m0/s1. The molecule has 2 N–H and O–H groups in total. The Bertz CT molecular complexity index is 203. The molecule has 0 fully saturated rings. The second kappa shape index (κ2) is 5.65. The summed E-state index contributed by atoms with van der Waals surface area (Å²) in [5.74, 6) is -1.42. The molecule has 0 rings (SSSR count). The van der Waals surface area contributed by atoms with Crippen molar-refractivity contribution in [3.63, 3.8) is 0 Å². The molecule has 0 spiro atoms. The van der Waals surface area contributed by atoms with Crippen LogP contribution in [-0.2, 0) is 9.59 Å². The first kappa shape index (κ1) is 11.0. The molecule has 0 aliphatic heterocycles. The van der Waals surface area contributed by atoms with E-state index >= 15 is 0 Å². The third-order valence-electron chi connectivity index (χ3n) is 1.12. The quantitative estimate of drug-likeness (QED) is 0.433. The lowest BCUT2D eigenvalue weighted by Crippen LogP contribution is -2.41. The first-order chi connectivity index (χ1) is 5.61. The molecule has 0 aromatic rings. The minimum Gasteiger partial charge on any atom is -0.480 e. The summed E-state index contributed by atoms with van der Waals surface area (Å²) in [6, 6.07) is -0.919. The van der Waals surface area contributed by atoms with E-state index in [0.717, 1.165) is 0 Å². The summed E-state index contributed by atoms with van der Waals surface area (Å²) >= 11 is 3.78. The number of carboxylic acid groups (broad SMARTS) is 1. The van der Waals surface area contributed by atoms with Crippen molar-refractivity contribution in [1.82, 2.24) is 5.32 Å². The summed E-state index contributed by atoms with van der Waals surface area (Å²) in [6.07, 6.45) is 2.80. The predicted octanol–water partition coefficient (Wildman–Crippen LogP) is 0.0617. The van der Waals surface area contributed by atoms with Gasteiger partial charge in [-0.2, -0.15) is 12.6 Å². The molecule has 4 nitrogen and oxygen atoms in total. The Morgan fingerprint density at radius 3 is 2.58 bits per heavy atom. The molecule has 0 heterocycles. The molecule has 0 unspecified atom stereocenters. The average Bonchev–Trinajstić information content (AvgIpc) is 2.00. The summed E-state index contributed by atoms with van der Waals surface area (Å²) < 4.78 is 0. The maximum absolute atomic E-state index is 10.8. The number of hydrogen-bond acceptors (Lipinski definition) is 3. The van der Waals surface area contributed by atoms with Crippen molar-refractivity contribution in [3.8, 4) is 0 Å². The first-order valence-electron chi connectivity index (χ1n) is 3.38. The van der Waals surface area contributed by atoms with Crippen LogP contribution in [0.4, 0.5) is 0 Å². The highest BCUT2D eigenvalue weighted by molar-refractivity contribution is 7.80. The Hall–Kier alpha value is -0.970. The van der Waals surface area contributed by atoms with Crippen LogP contribution in [0.15, 0.2) is 12.2 Å². The van der Waals surface area contributed by atoms with E-state index in [4.69, 9.17) is 5.11 Å². The maximum Gasteiger partial charge on any atom is 0.327 e. The Kier molecular flexibility index (Phi) is 5.19. The molecule has 5 heteroatoms. The highest BCUT2D eigenvalue weighted by Gasteiger charge is 2.15. The largest absolute Gasteiger partial charge is 0.480 e. The van der Waals surface area contributed by atoms with Crippen molar-refractivity contribution in [1.29, 1.82) is 0 Å². The van der Waals surface area contributed by atoms with Gasteiger partial charge in [0.05, 0.1) is 0 Å². The lowest BCUT2D eigenvalue weighted by Gasteiger charge is -2.08. The molecule has 68 valence electrons. The summed E-state index contributed by atoms with van der Waals surface area (Å²) in [6.45, 7) is 1.68. The topological polar surface area (TPSA) is 66.4 Å². The fourth-order valence-corrected chi connectivity index (χ4v) is 0.804. The molecule has 0 aromatic heterocycles. The molecule has 1 amide bonds. The van der Waals surface area contributed by atoms with Gasteiger partial charge in [0, 0.05) is 5.75 Å². The number of rotatable bonds is 4. The van der Waals surface area contributed by atoms with E-state index in [0.29, 0.717) is 0 Å². The van der Waals surface area contributed by atoms with Gasteiger partial charge in [-0.05, 0) is 13.0 Å². The Morgan fingerprint density at radius 1 is 1.67 bits per heavy atom. The van der Waals surface area contributed by atoms with Gasteiger partial charge in [0.2, 0.25) is 5.91 Å². The van der Waals surface area contributed by atoms with Crippen molar-refractivity contribution >= 4 is 24.5 Å². The number of carbonyl (C=O) groups is 2. The molecule has 0 saturated carbocycles.